The van der Waals surface area contributed by atoms with Gasteiger partial charge in [-0.25, -0.2) is 9.97 Å². The summed E-state index contributed by atoms with van der Waals surface area (Å²) < 4.78 is 16.9. The number of hydrogen-bond acceptors (Lipinski definition) is 7. The molecule has 1 aliphatic rings. The highest BCUT2D eigenvalue weighted by Crippen LogP contribution is 2.35. The highest BCUT2D eigenvalue weighted by atomic mass is 16.5. The van der Waals surface area contributed by atoms with E-state index in [2.05, 4.69) is 21.4 Å². The second kappa shape index (κ2) is 11.1. The van der Waals surface area contributed by atoms with Crippen molar-refractivity contribution in [3.05, 3.63) is 60.9 Å². The van der Waals surface area contributed by atoms with E-state index < -0.39 is 0 Å². The van der Waals surface area contributed by atoms with Crippen LogP contribution in [0.25, 0.3) is 10.9 Å². The molecule has 0 saturated carbocycles. The van der Waals surface area contributed by atoms with Crippen molar-refractivity contribution in [1.82, 2.24) is 14.9 Å². The van der Waals surface area contributed by atoms with Crippen LogP contribution in [0.5, 0.6) is 17.2 Å². The largest absolute Gasteiger partial charge is 0.493 e. The zero-order chi connectivity index (χ0) is 24.8. The number of piperazine rings is 1. The maximum atomic E-state index is 12.9. The van der Waals surface area contributed by atoms with Gasteiger partial charge in [0.05, 0.1) is 25.2 Å². The van der Waals surface area contributed by atoms with Crippen molar-refractivity contribution in [2.75, 3.05) is 44.8 Å². The summed E-state index contributed by atoms with van der Waals surface area (Å²) in [6.07, 6.45) is 3.75. The van der Waals surface area contributed by atoms with Crippen LogP contribution in [0.4, 0.5) is 5.82 Å². The van der Waals surface area contributed by atoms with Gasteiger partial charge >= 0.3 is 0 Å². The van der Waals surface area contributed by atoms with Gasteiger partial charge in [-0.1, -0.05) is 24.8 Å². The van der Waals surface area contributed by atoms with E-state index in [1.54, 1.807) is 19.5 Å². The number of anilines is 1. The Kier molecular flexibility index (Phi) is 7.70. The molecule has 1 amide bonds. The number of nitrogens with zero attached hydrogens (tertiary/aromatic N) is 4. The van der Waals surface area contributed by atoms with Crippen molar-refractivity contribution in [1.29, 1.82) is 0 Å². The van der Waals surface area contributed by atoms with Gasteiger partial charge in [0.15, 0.2) is 11.5 Å². The predicted molar refractivity (Wildman–Crippen MR) is 136 cm³/mol. The van der Waals surface area contributed by atoms with Crippen LogP contribution in [0, 0.1) is 0 Å². The van der Waals surface area contributed by atoms with Crippen molar-refractivity contribution < 1.29 is 19.0 Å². The Morgan fingerprint density at radius 3 is 2.49 bits per heavy atom. The van der Waals surface area contributed by atoms with E-state index >= 15 is 0 Å². The molecule has 184 valence electrons. The highest BCUT2D eigenvalue weighted by molar-refractivity contribution is 5.92. The average molecular weight is 477 g/mol. The first kappa shape index (κ1) is 24.3. The number of amides is 1. The van der Waals surface area contributed by atoms with Gasteiger partial charge in [-0.2, -0.15) is 0 Å². The second-order valence-corrected chi connectivity index (χ2v) is 8.67. The maximum Gasteiger partial charge on any atom is 0.227 e. The third-order valence-corrected chi connectivity index (χ3v) is 5.84. The van der Waals surface area contributed by atoms with Gasteiger partial charge in [-0.15, -0.1) is 0 Å². The van der Waals surface area contributed by atoms with E-state index in [0.717, 1.165) is 28.0 Å². The van der Waals surface area contributed by atoms with E-state index in [4.69, 9.17) is 14.2 Å². The van der Waals surface area contributed by atoms with Crippen molar-refractivity contribution in [3.8, 4) is 17.2 Å². The fourth-order valence-corrected chi connectivity index (χ4v) is 4.14. The molecule has 0 unspecified atom stereocenters. The summed E-state index contributed by atoms with van der Waals surface area (Å²) in [7, 11) is 1.61. The van der Waals surface area contributed by atoms with E-state index in [1.165, 1.54) is 0 Å². The lowest BCUT2D eigenvalue weighted by Crippen LogP contribution is -2.49. The molecule has 0 radical (unpaired) electrons. The zero-order valence-electron chi connectivity index (χ0n) is 20.6. The molecule has 1 fully saturated rings. The predicted octanol–water partition coefficient (Wildman–Crippen LogP) is 3.88. The lowest BCUT2D eigenvalue weighted by Gasteiger charge is -2.36. The SMILES string of the molecule is C=CCOc1cc2ncnc(N3CCN(C(=O)Cc4ccc(OC(C)C)cc4)CC3)c2cc1OC. The molecule has 0 spiro atoms. The summed E-state index contributed by atoms with van der Waals surface area (Å²) in [6.45, 7) is 10.7. The lowest BCUT2D eigenvalue weighted by atomic mass is 10.1. The molecule has 2 aromatic carbocycles. The number of hydrogen-bond donors (Lipinski definition) is 0. The number of benzene rings is 2. The minimum absolute atomic E-state index is 0.125. The van der Waals surface area contributed by atoms with E-state index in [0.29, 0.717) is 50.7 Å². The summed E-state index contributed by atoms with van der Waals surface area (Å²) in [5, 5.41) is 0.888. The number of methoxy groups -OCH3 is 1. The van der Waals surface area contributed by atoms with Gasteiger partial charge in [-0.3, -0.25) is 4.79 Å². The molecule has 0 N–H and O–H groups in total. The van der Waals surface area contributed by atoms with Crippen LogP contribution in [0.15, 0.2) is 55.4 Å². The summed E-state index contributed by atoms with van der Waals surface area (Å²) in [6, 6.07) is 11.5. The molecular weight excluding hydrogens is 444 g/mol. The van der Waals surface area contributed by atoms with Gasteiger partial charge in [0.25, 0.3) is 0 Å². The Labute approximate surface area is 206 Å². The molecule has 0 aliphatic carbocycles. The Morgan fingerprint density at radius 2 is 1.83 bits per heavy atom. The summed E-state index contributed by atoms with van der Waals surface area (Å²) in [4.78, 5) is 26.0. The van der Waals surface area contributed by atoms with E-state index in [-0.39, 0.29) is 12.0 Å². The van der Waals surface area contributed by atoms with Gasteiger partial charge in [0.2, 0.25) is 5.91 Å². The van der Waals surface area contributed by atoms with E-state index in [1.807, 2.05) is 55.1 Å². The number of ether oxygens (including phenoxy) is 3. The summed E-state index contributed by atoms with van der Waals surface area (Å²) in [5.74, 6) is 3.01. The van der Waals surface area contributed by atoms with Crippen molar-refractivity contribution >= 4 is 22.6 Å². The first-order chi connectivity index (χ1) is 17.0. The molecule has 35 heavy (non-hydrogen) atoms. The highest BCUT2D eigenvalue weighted by Gasteiger charge is 2.24. The van der Waals surface area contributed by atoms with Crippen molar-refractivity contribution in [2.45, 2.75) is 26.4 Å². The standard InChI is InChI=1S/C27H32N4O4/c1-5-14-34-25-17-23-22(16-24(25)33-4)27(29-18-28-23)31-12-10-30(11-13-31)26(32)15-20-6-8-21(9-7-20)35-19(2)3/h5-9,16-19H,1,10-15H2,2-4H3. The Bertz CT molecular complexity index is 1170. The van der Waals surface area contributed by atoms with Gasteiger partial charge in [0, 0.05) is 37.6 Å². The Hall–Kier alpha value is -3.81. The fraction of sp³-hybridized carbons (Fsp3) is 0.370. The molecule has 8 nitrogen and oxygen atoms in total. The second-order valence-electron chi connectivity index (χ2n) is 8.67. The molecule has 0 atom stereocenters. The minimum Gasteiger partial charge on any atom is -0.493 e. The van der Waals surface area contributed by atoms with Crippen LogP contribution >= 0.6 is 0 Å². The zero-order valence-corrected chi connectivity index (χ0v) is 20.6. The van der Waals surface area contributed by atoms with Gasteiger partial charge in [0.1, 0.15) is 24.5 Å². The van der Waals surface area contributed by atoms with Crippen molar-refractivity contribution in [2.24, 2.45) is 0 Å². The van der Waals surface area contributed by atoms with Crippen molar-refractivity contribution in [3.63, 3.8) is 0 Å². The number of carbonyl (C=O) groups excluding carboxylic acids is 1. The lowest BCUT2D eigenvalue weighted by molar-refractivity contribution is -0.130. The molecule has 1 aromatic heterocycles. The number of fused-ring (bicyclic) bond motifs is 1. The molecule has 0 bridgehead atoms. The van der Waals surface area contributed by atoms with Crippen LogP contribution in [0.1, 0.15) is 19.4 Å². The molecule has 1 saturated heterocycles. The first-order valence-electron chi connectivity index (χ1n) is 11.8. The summed E-state index contributed by atoms with van der Waals surface area (Å²) in [5.41, 5.74) is 1.76. The molecule has 4 rings (SSSR count). The molecule has 2 heterocycles. The fourth-order valence-electron chi connectivity index (χ4n) is 4.14. The molecule has 1 aliphatic heterocycles. The Balaban J connectivity index is 1.42. The molecule has 3 aromatic rings. The van der Waals surface area contributed by atoms with Crippen LogP contribution in [0.3, 0.4) is 0 Å². The van der Waals surface area contributed by atoms with Crippen LogP contribution in [-0.2, 0) is 11.2 Å². The van der Waals surface area contributed by atoms with Crippen LogP contribution in [0.2, 0.25) is 0 Å². The Morgan fingerprint density at radius 1 is 1.09 bits per heavy atom. The van der Waals surface area contributed by atoms with Gasteiger partial charge in [-0.05, 0) is 37.6 Å². The minimum atomic E-state index is 0.125. The normalized spacial score (nSPS) is 13.7. The molecular formula is C27H32N4O4. The topological polar surface area (TPSA) is 77.0 Å². The average Bonchev–Trinajstić information content (AvgIpc) is 2.87. The first-order valence-corrected chi connectivity index (χ1v) is 11.8. The van der Waals surface area contributed by atoms with Crippen LogP contribution < -0.4 is 19.1 Å². The quantitative estimate of drug-likeness (QED) is 0.434. The number of carbonyl (C=O) groups is 1. The third-order valence-electron chi connectivity index (χ3n) is 5.84. The number of aromatic nitrogens is 2. The number of rotatable bonds is 9. The summed E-state index contributed by atoms with van der Waals surface area (Å²) >= 11 is 0. The smallest absolute Gasteiger partial charge is 0.227 e. The maximum absolute atomic E-state index is 12.9. The van der Waals surface area contributed by atoms with E-state index in [9.17, 15) is 4.79 Å². The third kappa shape index (κ3) is 5.82. The van der Waals surface area contributed by atoms with Gasteiger partial charge < -0.3 is 24.0 Å². The van der Waals surface area contributed by atoms with Crippen LogP contribution in [-0.4, -0.2) is 66.8 Å². The monoisotopic (exact) mass is 476 g/mol. The molecule has 8 heteroatoms.